The average Bonchev–Trinajstić information content (AvgIpc) is 2.27. The van der Waals surface area contributed by atoms with Gasteiger partial charge in [0.1, 0.15) is 0 Å². The van der Waals surface area contributed by atoms with E-state index in [9.17, 15) is 4.79 Å². The fourth-order valence-corrected chi connectivity index (χ4v) is 2.22. The Kier molecular flexibility index (Phi) is 4.59. The fraction of sp³-hybridized carbons (Fsp3) is 0.909. The van der Waals surface area contributed by atoms with Crippen molar-refractivity contribution in [1.82, 2.24) is 4.90 Å². The highest BCUT2D eigenvalue weighted by molar-refractivity contribution is 9.10. The highest BCUT2D eigenvalue weighted by Crippen LogP contribution is 2.25. The van der Waals surface area contributed by atoms with Crippen molar-refractivity contribution in [2.24, 2.45) is 0 Å². The Labute approximate surface area is 100 Å². The monoisotopic (exact) mass is 277 g/mol. The number of likely N-dealkylation sites (tertiary alicyclic amines) is 1. The minimum Gasteiger partial charge on any atom is -0.377 e. The van der Waals surface area contributed by atoms with Gasteiger partial charge in [0.25, 0.3) is 0 Å². The predicted octanol–water partition coefficient (Wildman–Crippen LogP) is 2.19. The van der Waals surface area contributed by atoms with E-state index in [1.54, 1.807) is 7.11 Å². The molecule has 0 N–H and O–H groups in total. The Hall–Kier alpha value is -0.0900. The molecule has 1 heterocycles. The number of hydrogen-bond donors (Lipinski definition) is 0. The number of carbonyl (C=O) groups is 1. The third-order valence-electron chi connectivity index (χ3n) is 3.09. The molecule has 1 aliphatic heterocycles. The van der Waals surface area contributed by atoms with Crippen molar-refractivity contribution in [2.75, 3.05) is 20.2 Å². The lowest BCUT2D eigenvalue weighted by Gasteiger charge is -2.40. The van der Waals surface area contributed by atoms with Gasteiger partial charge < -0.3 is 9.64 Å². The predicted molar refractivity (Wildman–Crippen MR) is 64.2 cm³/mol. The SMILES string of the molecule is CCC(Br)C(=O)N1CCCC(C)(OC)C1. The van der Waals surface area contributed by atoms with Gasteiger partial charge in [0, 0.05) is 20.2 Å². The van der Waals surface area contributed by atoms with Gasteiger partial charge in [0.15, 0.2) is 0 Å². The number of halogens is 1. The summed E-state index contributed by atoms with van der Waals surface area (Å²) in [4.78, 5) is 13.8. The molecule has 2 unspecified atom stereocenters. The first-order valence-corrected chi connectivity index (χ1v) is 6.42. The molecule has 0 aromatic heterocycles. The fourth-order valence-electron chi connectivity index (χ4n) is 1.93. The van der Waals surface area contributed by atoms with E-state index in [0.717, 1.165) is 25.8 Å². The molecule has 0 aliphatic carbocycles. The van der Waals surface area contributed by atoms with Crippen LogP contribution in [0.25, 0.3) is 0 Å². The summed E-state index contributed by atoms with van der Waals surface area (Å²) in [5.41, 5.74) is -0.158. The molecule has 1 fully saturated rings. The second-order valence-corrected chi connectivity index (χ2v) is 5.50. The van der Waals surface area contributed by atoms with Crippen LogP contribution in [0, 0.1) is 0 Å². The number of methoxy groups -OCH3 is 1. The summed E-state index contributed by atoms with van der Waals surface area (Å²) in [5, 5.41) is 0. The first-order valence-electron chi connectivity index (χ1n) is 5.50. The van der Waals surface area contributed by atoms with Gasteiger partial charge in [-0.15, -0.1) is 0 Å². The third kappa shape index (κ3) is 3.18. The first-order chi connectivity index (χ1) is 7.02. The summed E-state index contributed by atoms with van der Waals surface area (Å²) < 4.78 is 5.46. The van der Waals surface area contributed by atoms with Crippen LogP contribution in [0.4, 0.5) is 0 Å². The minimum absolute atomic E-state index is 0.0447. The molecule has 1 aliphatic rings. The van der Waals surface area contributed by atoms with Crippen LogP contribution in [0.2, 0.25) is 0 Å². The lowest BCUT2D eigenvalue weighted by molar-refractivity contribution is -0.138. The van der Waals surface area contributed by atoms with Gasteiger partial charge in [-0.25, -0.2) is 0 Å². The zero-order valence-corrected chi connectivity index (χ0v) is 11.3. The second kappa shape index (κ2) is 5.30. The van der Waals surface area contributed by atoms with Crippen molar-refractivity contribution >= 4 is 21.8 Å². The summed E-state index contributed by atoms with van der Waals surface area (Å²) in [7, 11) is 1.72. The summed E-state index contributed by atoms with van der Waals surface area (Å²) in [6, 6.07) is 0. The van der Waals surface area contributed by atoms with E-state index < -0.39 is 0 Å². The zero-order chi connectivity index (χ0) is 11.5. The van der Waals surface area contributed by atoms with Crippen molar-refractivity contribution < 1.29 is 9.53 Å². The molecule has 2 atom stereocenters. The Bertz CT molecular complexity index is 235. The quantitative estimate of drug-likeness (QED) is 0.741. The second-order valence-electron chi connectivity index (χ2n) is 4.39. The maximum Gasteiger partial charge on any atom is 0.236 e. The lowest BCUT2D eigenvalue weighted by atomic mass is 9.94. The highest BCUT2D eigenvalue weighted by Gasteiger charge is 2.34. The van der Waals surface area contributed by atoms with Gasteiger partial charge in [0.05, 0.1) is 10.4 Å². The van der Waals surface area contributed by atoms with E-state index in [-0.39, 0.29) is 16.3 Å². The molecule has 88 valence electrons. The molecule has 0 aromatic carbocycles. The number of rotatable bonds is 3. The smallest absolute Gasteiger partial charge is 0.236 e. The molecule has 0 spiro atoms. The van der Waals surface area contributed by atoms with Crippen LogP contribution in [0.3, 0.4) is 0 Å². The molecule has 0 aromatic rings. The topological polar surface area (TPSA) is 29.5 Å². The van der Waals surface area contributed by atoms with Gasteiger partial charge in [-0.1, -0.05) is 22.9 Å². The van der Waals surface area contributed by atoms with Gasteiger partial charge in [-0.05, 0) is 26.2 Å². The molecule has 1 saturated heterocycles. The van der Waals surface area contributed by atoms with Crippen LogP contribution in [-0.2, 0) is 9.53 Å². The van der Waals surface area contributed by atoms with Crippen molar-refractivity contribution in [3.63, 3.8) is 0 Å². The lowest BCUT2D eigenvalue weighted by Crippen LogP contribution is -2.51. The van der Waals surface area contributed by atoms with Crippen LogP contribution in [0.15, 0.2) is 0 Å². The maximum atomic E-state index is 12.0. The van der Waals surface area contributed by atoms with Crippen LogP contribution in [0.5, 0.6) is 0 Å². The van der Waals surface area contributed by atoms with E-state index >= 15 is 0 Å². The van der Waals surface area contributed by atoms with Crippen molar-refractivity contribution in [3.05, 3.63) is 0 Å². The van der Waals surface area contributed by atoms with Gasteiger partial charge >= 0.3 is 0 Å². The zero-order valence-electron chi connectivity index (χ0n) is 9.75. The van der Waals surface area contributed by atoms with E-state index in [1.807, 2.05) is 11.8 Å². The van der Waals surface area contributed by atoms with E-state index in [4.69, 9.17) is 4.74 Å². The summed E-state index contributed by atoms with van der Waals surface area (Å²) in [6.45, 7) is 5.66. The molecule has 15 heavy (non-hydrogen) atoms. The first kappa shape index (κ1) is 13.0. The normalized spacial score (nSPS) is 28.9. The Morgan fingerprint density at radius 3 is 2.87 bits per heavy atom. The average molecular weight is 278 g/mol. The van der Waals surface area contributed by atoms with Crippen LogP contribution in [-0.4, -0.2) is 41.4 Å². The van der Waals surface area contributed by atoms with Crippen LogP contribution < -0.4 is 0 Å². The molecule has 1 rings (SSSR count). The van der Waals surface area contributed by atoms with Crippen LogP contribution >= 0.6 is 15.9 Å². The summed E-state index contributed by atoms with van der Waals surface area (Å²) in [6.07, 6.45) is 2.89. The molecule has 1 amide bonds. The molecule has 0 bridgehead atoms. The van der Waals surface area contributed by atoms with E-state index in [2.05, 4.69) is 22.9 Å². The third-order valence-corrected chi connectivity index (χ3v) is 4.13. The molecular formula is C11H20BrNO2. The maximum absolute atomic E-state index is 12.0. The van der Waals surface area contributed by atoms with E-state index in [1.165, 1.54) is 0 Å². The number of piperidine rings is 1. The van der Waals surface area contributed by atoms with Crippen molar-refractivity contribution in [3.8, 4) is 0 Å². The molecule has 0 saturated carbocycles. The number of alkyl halides is 1. The van der Waals surface area contributed by atoms with Crippen molar-refractivity contribution in [2.45, 2.75) is 43.5 Å². The van der Waals surface area contributed by atoms with Crippen LogP contribution in [0.1, 0.15) is 33.1 Å². The Morgan fingerprint density at radius 1 is 1.67 bits per heavy atom. The minimum atomic E-state index is -0.158. The van der Waals surface area contributed by atoms with E-state index in [0.29, 0.717) is 6.54 Å². The molecule has 0 radical (unpaired) electrons. The van der Waals surface area contributed by atoms with Gasteiger partial charge in [-0.3, -0.25) is 4.79 Å². The number of hydrogen-bond acceptors (Lipinski definition) is 2. The number of ether oxygens (including phenoxy) is 1. The molecule has 3 nitrogen and oxygen atoms in total. The van der Waals surface area contributed by atoms with Gasteiger partial charge in [0.2, 0.25) is 5.91 Å². The number of amides is 1. The Balaban J connectivity index is 2.60. The summed E-state index contributed by atoms with van der Waals surface area (Å²) >= 11 is 3.41. The molecular weight excluding hydrogens is 258 g/mol. The number of nitrogens with zero attached hydrogens (tertiary/aromatic N) is 1. The largest absolute Gasteiger partial charge is 0.377 e. The highest BCUT2D eigenvalue weighted by atomic mass is 79.9. The summed E-state index contributed by atoms with van der Waals surface area (Å²) in [5.74, 6) is 0.195. The standard InChI is InChI=1S/C11H20BrNO2/c1-4-9(12)10(14)13-7-5-6-11(2,8-13)15-3/h9H,4-8H2,1-3H3. The number of carbonyl (C=O) groups excluding carboxylic acids is 1. The van der Waals surface area contributed by atoms with Gasteiger partial charge in [-0.2, -0.15) is 0 Å². The Morgan fingerprint density at radius 2 is 2.33 bits per heavy atom. The molecule has 4 heteroatoms. The van der Waals surface area contributed by atoms with Crippen molar-refractivity contribution in [1.29, 1.82) is 0 Å².